The fourth-order valence-corrected chi connectivity index (χ4v) is 3.51. The maximum Gasteiger partial charge on any atom is 0.229 e. The highest BCUT2D eigenvalue weighted by Gasteiger charge is 2.30. The summed E-state index contributed by atoms with van der Waals surface area (Å²) in [7, 11) is 1.97. The van der Waals surface area contributed by atoms with E-state index < -0.39 is 0 Å². The molecule has 1 amide bonds. The standard InChI is InChI=1S/C17H24N4O2/c1-11-9-15(13(3)23-11)12(2)17(22)21-7-5-14(6-8-21)16-19-18-10-20(16)4/h9-10,12,14H,5-8H2,1-4H3. The zero-order valence-electron chi connectivity index (χ0n) is 14.2. The Kier molecular flexibility index (Phi) is 4.24. The van der Waals surface area contributed by atoms with Crippen molar-refractivity contribution in [3.8, 4) is 0 Å². The van der Waals surface area contributed by atoms with E-state index in [-0.39, 0.29) is 11.8 Å². The fraction of sp³-hybridized carbons (Fsp3) is 0.588. The van der Waals surface area contributed by atoms with E-state index in [4.69, 9.17) is 4.42 Å². The van der Waals surface area contributed by atoms with Crippen LogP contribution in [0.25, 0.3) is 0 Å². The van der Waals surface area contributed by atoms with Crippen LogP contribution in [0.15, 0.2) is 16.8 Å². The van der Waals surface area contributed by atoms with E-state index in [1.54, 1.807) is 6.33 Å². The van der Waals surface area contributed by atoms with E-state index >= 15 is 0 Å². The summed E-state index contributed by atoms with van der Waals surface area (Å²) in [6.45, 7) is 7.36. The van der Waals surface area contributed by atoms with Gasteiger partial charge in [-0.2, -0.15) is 0 Å². The molecule has 23 heavy (non-hydrogen) atoms. The molecule has 0 bridgehead atoms. The molecule has 0 N–H and O–H groups in total. The van der Waals surface area contributed by atoms with Gasteiger partial charge in [-0.3, -0.25) is 4.79 Å². The van der Waals surface area contributed by atoms with Gasteiger partial charge in [0.15, 0.2) is 0 Å². The maximum absolute atomic E-state index is 12.8. The lowest BCUT2D eigenvalue weighted by Gasteiger charge is -2.33. The van der Waals surface area contributed by atoms with Crippen LogP contribution in [0, 0.1) is 13.8 Å². The SMILES string of the molecule is Cc1cc(C(C)C(=O)N2CCC(c3nncn3C)CC2)c(C)o1. The maximum atomic E-state index is 12.8. The molecular weight excluding hydrogens is 292 g/mol. The van der Waals surface area contributed by atoms with Crippen molar-refractivity contribution >= 4 is 5.91 Å². The molecule has 124 valence electrons. The summed E-state index contributed by atoms with van der Waals surface area (Å²) >= 11 is 0. The Labute approximate surface area is 136 Å². The average Bonchev–Trinajstić information content (AvgIpc) is 3.11. The van der Waals surface area contributed by atoms with Crippen molar-refractivity contribution in [2.75, 3.05) is 13.1 Å². The predicted molar refractivity (Wildman–Crippen MR) is 86.2 cm³/mol. The summed E-state index contributed by atoms with van der Waals surface area (Å²) < 4.78 is 7.54. The minimum absolute atomic E-state index is 0.154. The highest BCUT2D eigenvalue weighted by molar-refractivity contribution is 5.83. The molecule has 2 aromatic heterocycles. The molecule has 1 unspecified atom stereocenters. The van der Waals surface area contributed by atoms with Crippen LogP contribution in [0.5, 0.6) is 0 Å². The Morgan fingerprint density at radius 3 is 2.57 bits per heavy atom. The molecular formula is C17H24N4O2. The van der Waals surface area contributed by atoms with Gasteiger partial charge < -0.3 is 13.9 Å². The predicted octanol–water partition coefficient (Wildman–Crippen LogP) is 2.53. The molecule has 3 rings (SSSR count). The zero-order chi connectivity index (χ0) is 16.6. The normalized spacial score (nSPS) is 17.5. The van der Waals surface area contributed by atoms with Crippen LogP contribution in [0.2, 0.25) is 0 Å². The van der Waals surface area contributed by atoms with Gasteiger partial charge in [-0.15, -0.1) is 10.2 Å². The first-order valence-electron chi connectivity index (χ1n) is 8.17. The van der Waals surface area contributed by atoms with E-state index in [1.807, 2.05) is 43.4 Å². The third kappa shape index (κ3) is 3.02. The van der Waals surface area contributed by atoms with E-state index in [9.17, 15) is 4.79 Å². The number of furan rings is 1. The minimum Gasteiger partial charge on any atom is -0.466 e. The van der Waals surface area contributed by atoms with Gasteiger partial charge in [0.1, 0.15) is 23.7 Å². The van der Waals surface area contributed by atoms with Gasteiger partial charge in [0, 0.05) is 31.6 Å². The molecule has 6 heteroatoms. The molecule has 1 aliphatic heterocycles. The Morgan fingerprint density at radius 1 is 1.35 bits per heavy atom. The van der Waals surface area contributed by atoms with E-state index in [0.717, 1.165) is 48.8 Å². The number of rotatable bonds is 3. The van der Waals surface area contributed by atoms with E-state index in [1.165, 1.54) is 0 Å². The van der Waals surface area contributed by atoms with Crippen LogP contribution in [0.3, 0.4) is 0 Å². The summed E-state index contributed by atoms with van der Waals surface area (Å²) in [6.07, 6.45) is 3.61. The van der Waals surface area contributed by atoms with Crippen LogP contribution in [0.4, 0.5) is 0 Å². The second-order valence-corrected chi connectivity index (χ2v) is 6.49. The van der Waals surface area contributed by atoms with Crippen molar-refractivity contribution in [2.45, 2.75) is 45.4 Å². The molecule has 1 fully saturated rings. The Balaban J connectivity index is 1.64. The first kappa shape index (κ1) is 15.8. The van der Waals surface area contributed by atoms with E-state index in [2.05, 4.69) is 10.2 Å². The number of aryl methyl sites for hydroxylation is 3. The van der Waals surface area contributed by atoms with Crippen molar-refractivity contribution < 1.29 is 9.21 Å². The third-order valence-electron chi connectivity index (χ3n) is 4.83. The molecule has 1 aliphatic rings. The van der Waals surface area contributed by atoms with Crippen molar-refractivity contribution in [3.63, 3.8) is 0 Å². The number of hydrogen-bond donors (Lipinski definition) is 0. The molecule has 0 aromatic carbocycles. The van der Waals surface area contributed by atoms with Gasteiger partial charge in [-0.1, -0.05) is 0 Å². The van der Waals surface area contributed by atoms with Crippen molar-refractivity contribution in [2.24, 2.45) is 7.05 Å². The van der Waals surface area contributed by atoms with Crippen molar-refractivity contribution in [1.82, 2.24) is 19.7 Å². The highest BCUT2D eigenvalue weighted by atomic mass is 16.3. The summed E-state index contributed by atoms with van der Waals surface area (Å²) in [4.78, 5) is 14.7. The molecule has 0 saturated carbocycles. The molecule has 3 heterocycles. The third-order valence-corrected chi connectivity index (χ3v) is 4.83. The Morgan fingerprint density at radius 2 is 2.04 bits per heavy atom. The lowest BCUT2D eigenvalue weighted by atomic mass is 9.93. The Bertz CT molecular complexity index is 695. The fourth-order valence-electron chi connectivity index (χ4n) is 3.51. The first-order valence-corrected chi connectivity index (χ1v) is 8.17. The summed E-state index contributed by atoms with van der Waals surface area (Å²) in [5.41, 5.74) is 1.00. The second kappa shape index (κ2) is 6.18. The molecule has 1 atom stereocenters. The molecule has 2 aromatic rings. The number of likely N-dealkylation sites (tertiary alicyclic amines) is 1. The number of amides is 1. The number of piperidine rings is 1. The minimum atomic E-state index is -0.154. The van der Waals surface area contributed by atoms with Gasteiger partial charge >= 0.3 is 0 Å². The lowest BCUT2D eigenvalue weighted by Crippen LogP contribution is -2.40. The number of carbonyl (C=O) groups is 1. The molecule has 1 saturated heterocycles. The highest BCUT2D eigenvalue weighted by Crippen LogP contribution is 2.30. The van der Waals surface area contributed by atoms with E-state index in [0.29, 0.717) is 5.92 Å². The van der Waals surface area contributed by atoms with Crippen LogP contribution in [-0.4, -0.2) is 38.7 Å². The first-order chi connectivity index (χ1) is 11.0. The zero-order valence-corrected chi connectivity index (χ0v) is 14.2. The lowest BCUT2D eigenvalue weighted by molar-refractivity contribution is -0.133. The van der Waals surface area contributed by atoms with Gasteiger partial charge in [0.25, 0.3) is 0 Å². The van der Waals surface area contributed by atoms with Gasteiger partial charge in [0.2, 0.25) is 5.91 Å². The van der Waals surface area contributed by atoms with Gasteiger partial charge in [0.05, 0.1) is 5.92 Å². The van der Waals surface area contributed by atoms with Crippen LogP contribution in [-0.2, 0) is 11.8 Å². The molecule has 0 radical (unpaired) electrons. The quantitative estimate of drug-likeness (QED) is 0.873. The van der Waals surface area contributed by atoms with Crippen LogP contribution < -0.4 is 0 Å². The number of aromatic nitrogens is 3. The van der Waals surface area contributed by atoms with Crippen LogP contribution in [0.1, 0.15) is 54.5 Å². The van der Waals surface area contributed by atoms with Gasteiger partial charge in [-0.05, 0) is 39.7 Å². The topological polar surface area (TPSA) is 64.2 Å². The number of carbonyl (C=O) groups excluding carboxylic acids is 1. The van der Waals surface area contributed by atoms with Gasteiger partial charge in [-0.25, -0.2) is 0 Å². The smallest absolute Gasteiger partial charge is 0.229 e. The average molecular weight is 316 g/mol. The summed E-state index contributed by atoms with van der Waals surface area (Å²) in [5.74, 6) is 3.14. The van der Waals surface area contributed by atoms with Crippen molar-refractivity contribution in [1.29, 1.82) is 0 Å². The van der Waals surface area contributed by atoms with Crippen molar-refractivity contribution in [3.05, 3.63) is 35.3 Å². The number of hydrogen-bond acceptors (Lipinski definition) is 4. The Hall–Kier alpha value is -2.11. The monoisotopic (exact) mass is 316 g/mol. The largest absolute Gasteiger partial charge is 0.466 e. The molecule has 0 aliphatic carbocycles. The molecule has 0 spiro atoms. The molecule has 6 nitrogen and oxygen atoms in total. The second-order valence-electron chi connectivity index (χ2n) is 6.49. The van der Waals surface area contributed by atoms with Crippen LogP contribution >= 0.6 is 0 Å². The summed E-state index contributed by atoms with van der Waals surface area (Å²) in [5, 5.41) is 8.16. The number of nitrogens with zero attached hydrogens (tertiary/aromatic N) is 4. The summed E-state index contributed by atoms with van der Waals surface area (Å²) in [6, 6.07) is 1.98.